The van der Waals surface area contributed by atoms with Crippen molar-refractivity contribution in [2.24, 2.45) is 10.2 Å². The summed E-state index contributed by atoms with van der Waals surface area (Å²) in [6.07, 6.45) is 0.519. The number of fused-ring (bicyclic) bond motifs is 1. The van der Waals surface area contributed by atoms with Crippen molar-refractivity contribution in [3.63, 3.8) is 0 Å². The Balaban J connectivity index is 1.82. The molecule has 5 heteroatoms. The first kappa shape index (κ1) is 15.7. The van der Waals surface area contributed by atoms with Crippen LogP contribution < -0.4 is 0 Å². The fraction of sp³-hybridized carbons (Fsp3) is 0.300. The number of carbonyl (C=O) groups is 2. The predicted molar refractivity (Wildman–Crippen MR) is 92.2 cm³/mol. The zero-order valence-electron chi connectivity index (χ0n) is 14.2. The lowest BCUT2D eigenvalue weighted by atomic mass is 9.76. The molecule has 2 atom stereocenters. The molecular formula is C20H18N2O3. The summed E-state index contributed by atoms with van der Waals surface area (Å²) in [5, 5.41) is 8.61. The smallest absolute Gasteiger partial charge is 0.338 e. The summed E-state index contributed by atoms with van der Waals surface area (Å²) in [5.41, 5.74) is 3.07. The maximum atomic E-state index is 13.2. The Morgan fingerprint density at radius 2 is 2.04 bits per heavy atom. The van der Waals surface area contributed by atoms with Crippen molar-refractivity contribution in [3.05, 3.63) is 70.3 Å². The van der Waals surface area contributed by atoms with Crippen LogP contribution in [-0.4, -0.2) is 30.9 Å². The van der Waals surface area contributed by atoms with Crippen LogP contribution in [-0.2, 0) is 11.2 Å². The number of rotatable bonds is 2. The zero-order valence-corrected chi connectivity index (χ0v) is 14.2. The van der Waals surface area contributed by atoms with Gasteiger partial charge in [-0.2, -0.15) is 10.2 Å². The highest BCUT2D eigenvalue weighted by Crippen LogP contribution is 2.47. The van der Waals surface area contributed by atoms with E-state index in [0.29, 0.717) is 18.5 Å². The molecule has 0 fully saturated rings. The highest BCUT2D eigenvalue weighted by molar-refractivity contribution is 6.09. The van der Waals surface area contributed by atoms with E-state index < -0.39 is 11.5 Å². The molecule has 0 amide bonds. The minimum Gasteiger partial charge on any atom is -0.465 e. The summed E-state index contributed by atoms with van der Waals surface area (Å²) >= 11 is 0. The van der Waals surface area contributed by atoms with E-state index in [0.717, 1.165) is 22.3 Å². The van der Waals surface area contributed by atoms with Crippen molar-refractivity contribution in [1.29, 1.82) is 0 Å². The lowest BCUT2D eigenvalue weighted by Gasteiger charge is -2.26. The number of hydrogen-bond donors (Lipinski definition) is 0. The van der Waals surface area contributed by atoms with Gasteiger partial charge in [-0.3, -0.25) is 4.79 Å². The van der Waals surface area contributed by atoms with Crippen molar-refractivity contribution < 1.29 is 14.3 Å². The Labute approximate surface area is 145 Å². The van der Waals surface area contributed by atoms with Crippen LogP contribution in [0.2, 0.25) is 0 Å². The summed E-state index contributed by atoms with van der Waals surface area (Å²) < 4.78 is 4.91. The normalized spacial score (nSPS) is 23.9. The molecule has 0 N–H and O–H groups in total. The Kier molecular flexibility index (Phi) is 3.53. The molecule has 1 aliphatic heterocycles. The molecule has 0 unspecified atom stereocenters. The second kappa shape index (κ2) is 5.62. The van der Waals surface area contributed by atoms with E-state index in [4.69, 9.17) is 4.74 Å². The van der Waals surface area contributed by atoms with Gasteiger partial charge in [0.15, 0.2) is 11.3 Å². The number of hydrogen-bond acceptors (Lipinski definition) is 5. The van der Waals surface area contributed by atoms with E-state index in [1.54, 1.807) is 12.1 Å². The van der Waals surface area contributed by atoms with Crippen molar-refractivity contribution in [1.82, 2.24) is 0 Å². The van der Waals surface area contributed by atoms with E-state index >= 15 is 0 Å². The number of ether oxygens (including phenoxy) is 1. The summed E-state index contributed by atoms with van der Waals surface area (Å²) in [6, 6.07) is 13.2. The molecule has 1 spiro atoms. The molecule has 1 aliphatic carbocycles. The molecule has 0 radical (unpaired) electrons. The van der Waals surface area contributed by atoms with Gasteiger partial charge in [0.05, 0.1) is 19.2 Å². The molecule has 5 nitrogen and oxygen atoms in total. The quantitative estimate of drug-likeness (QED) is 0.789. The number of ketones is 1. The highest BCUT2D eigenvalue weighted by atomic mass is 16.5. The number of benzene rings is 2. The summed E-state index contributed by atoms with van der Waals surface area (Å²) in [5.74, 6) is -0.670. The van der Waals surface area contributed by atoms with E-state index in [1.165, 1.54) is 7.11 Å². The minimum atomic E-state index is -0.944. The van der Waals surface area contributed by atoms with Crippen LogP contribution >= 0.6 is 0 Å². The van der Waals surface area contributed by atoms with Crippen LogP contribution in [0.5, 0.6) is 0 Å². The van der Waals surface area contributed by atoms with Gasteiger partial charge in [-0.05, 0) is 30.2 Å². The van der Waals surface area contributed by atoms with Crippen molar-refractivity contribution in [3.8, 4) is 0 Å². The minimum absolute atomic E-state index is 0.00267. The molecule has 0 saturated heterocycles. The number of methoxy groups -OCH3 is 1. The van der Waals surface area contributed by atoms with Gasteiger partial charge >= 0.3 is 5.97 Å². The topological polar surface area (TPSA) is 68.1 Å². The molecule has 2 aromatic rings. The van der Waals surface area contributed by atoms with Crippen LogP contribution in [0.4, 0.5) is 0 Å². The predicted octanol–water partition coefficient (Wildman–Crippen LogP) is 3.51. The summed E-state index contributed by atoms with van der Waals surface area (Å²) in [7, 11) is 1.36. The highest BCUT2D eigenvalue weighted by Gasteiger charge is 2.55. The van der Waals surface area contributed by atoms with Gasteiger partial charge in [-0.25, -0.2) is 4.79 Å². The first-order valence-corrected chi connectivity index (χ1v) is 8.27. The molecule has 4 rings (SSSR count). The molecule has 25 heavy (non-hydrogen) atoms. The largest absolute Gasteiger partial charge is 0.465 e. The Hall–Kier alpha value is -2.82. The van der Waals surface area contributed by atoms with Crippen molar-refractivity contribution in [2.75, 3.05) is 13.7 Å². The van der Waals surface area contributed by atoms with E-state index in [-0.39, 0.29) is 11.7 Å². The number of aryl methyl sites for hydroxylation is 1. The van der Waals surface area contributed by atoms with E-state index in [2.05, 4.69) is 10.2 Å². The third kappa shape index (κ3) is 2.22. The maximum absolute atomic E-state index is 13.2. The van der Waals surface area contributed by atoms with Crippen LogP contribution in [0.1, 0.15) is 43.3 Å². The van der Waals surface area contributed by atoms with Crippen LogP contribution in [0, 0.1) is 6.92 Å². The Morgan fingerprint density at radius 1 is 1.24 bits per heavy atom. The second-order valence-corrected chi connectivity index (χ2v) is 6.65. The zero-order chi connectivity index (χ0) is 17.6. The average Bonchev–Trinajstić information content (AvgIpc) is 3.17. The first-order valence-electron chi connectivity index (χ1n) is 8.27. The van der Waals surface area contributed by atoms with Gasteiger partial charge in [-0.15, -0.1) is 0 Å². The SMILES string of the molecule is COC(=O)c1ccccc1[C@@H]1CN=N[C@]12Cc1ccc(C)cc1C2=O. The summed E-state index contributed by atoms with van der Waals surface area (Å²) in [4.78, 5) is 25.4. The van der Waals surface area contributed by atoms with Crippen molar-refractivity contribution in [2.45, 2.75) is 24.8 Å². The van der Waals surface area contributed by atoms with E-state index in [1.807, 2.05) is 37.3 Å². The fourth-order valence-electron chi connectivity index (χ4n) is 3.94. The molecule has 2 aliphatic rings. The third-order valence-corrected chi connectivity index (χ3v) is 5.19. The van der Waals surface area contributed by atoms with Crippen molar-refractivity contribution >= 4 is 11.8 Å². The lowest BCUT2D eigenvalue weighted by molar-refractivity contribution is 0.0597. The number of azo groups is 1. The molecule has 2 aromatic carbocycles. The van der Waals surface area contributed by atoms with Crippen LogP contribution in [0.3, 0.4) is 0 Å². The molecule has 1 heterocycles. The second-order valence-electron chi connectivity index (χ2n) is 6.65. The standard InChI is InChI=1S/C20H18N2O3/c1-12-7-8-13-10-20(18(23)16(13)9-12)17(11-21-22-20)14-5-3-4-6-15(14)19(24)25-2/h3-9,17H,10-11H2,1-2H3/t17-,20+/m0/s1. The fourth-order valence-corrected chi connectivity index (χ4v) is 3.94. The number of esters is 1. The Morgan fingerprint density at radius 3 is 2.84 bits per heavy atom. The monoisotopic (exact) mass is 334 g/mol. The third-order valence-electron chi connectivity index (χ3n) is 5.19. The van der Waals surface area contributed by atoms with Gasteiger partial charge in [-0.1, -0.05) is 35.9 Å². The molecule has 0 saturated carbocycles. The Bertz CT molecular complexity index is 919. The van der Waals surface area contributed by atoms with Gasteiger partial charge in [0.25, 0.3) is 0 Å². The van der Waals surface area contributed by atoms with Gasteiger partial charge < -0.3 is 4.74 Å². The molecule has 126 valence electrons. The van der Waals surface area contributed by atoms with Gasteiger partial charge in [0.1, 0.15) is 0 Å². The van der Waals surface area contributed by atoms with Crippen LogP contribution in [0.25, 0.3) is 0 Å². The lowest BCUT2D eigenvalue weighted by Crippen LogP contribution is -2.39. The summed E-state index contributed by atoms with van der Waals surface area (Å²) in [6.45, 7) is 2.37. The van der Waals surface area contributed by atoms with E-state index in [9.17, 15) is 9.59 Å². The molecule has 0 aromatic heterocycles. The number of nitrogens with zero attached hydrogens (tertiary/aromatic N) is 2. The van der Waals surface area contributed by atoms with Gasteiger partial charge in [0.2, 0.25) is 0 Å². The molecular weight excluding hydrogens is 316 g/mol. The number of Topliss-reactive ketones (excluding diaryl/α,β-unsaturated/α-hetero) is 1. The van der Waals surface area contributed by atoms with Crippen LogP contribution in [0.15, 0.2) is 52.7 Å². The van der Waals surface area contributed by atoms with Gasteiger partial charge in [0, 0.05) is 17.9 Å². The number of carbonyl (C=O) groups excluding carboxylic acids is 2. The maximum Gasteiger partial charge on any atom is 0.338 e. The average molecular weight is 334 g/mol. The molecule has 0 bridgehead atoms. The first-order chi connectivity index (χ1) is 12.1.